The number of hydrogen-bond acceptors (Lipinski definition) is 4. The molecule has 3 heterocycles. The van der Waals surface area contributed by atoms with E-state index >= 15 is 0 Å². The summed E-state index contributed by atoms with van der Waals surface area (Å²) in [4.78, 5) is 18.9. The van der Waals surface area contributed by atoms with E-state index in [-0.39, 0.29) is 11.9 Å². The predicted molar refractivity (Wildman–Crippen MR) is 100 cm³/mol. The van der Waals surface area contributed by atoms with Crippen molar-refractivity contribution < 1.29 is 4.79 Å². The van der Waals surface area contributed by atoms with Crippen LogP contribution in [0.1, 0.15) is 59.6 Å². The lowest BCUT2D eigenvalue weighted by atomic mass is 10.1. The highest BCUT2D eigenvalue weighted by Gasteiger charge is 2.28. The smallest absolute Gasteiger partial charge is 0.252 e. The van der Waals surface area contributed by atoms with E-state index in [4.69, 9.17) is 4.98 Å². The van der Waals surface area contributed by atoms with Crippen molar-refractivity contribution in [2.45, 2.75) is 45.1 Å². The van der Waals surface area contributed by atoms with E-state index in [0.29, 0.717) is 18.0 Å². The minimum Gasteiger partial charge on any atom is -0.352 e. The lowest BCUT2D eigenvalue weighted by molar-refractivity contribution is 0.0955. The minimum absolute atomic E-state index is 0.0332. The van der Waals surface area contributed by atoms with Gasteiger partial charge in [0.1, 0.15) is 0 Å². The second-order valence-corrected chi connectivity index (χ2v) is 7.91. The van der Waals surface area contributed by atoms with Crippen molar-refractivity contribution in [1.82, 2.24) is 20.1 Å². The largest absolute Gasteiger partial charge is 0.352 e. The summed E-state index contributed by atoms with van der Waals surface area (Å²) in [5.41, 5.74) is 2.55. The number of nitrogens with zero attached hydrogens (tertiary/aromatic N) is 3. The number of carbonyl (C=O) groups is 1. The fourth-order valence-corrected chi connectivity index (χ4v) is 3.75. The zero-order valence-electron chi connectivity index (χ0n) is 14.5. The first-order valence-electron chi connectivity index (χ1n) is 8.82. The molecule has 0 aliphatic heterocycles. The van der Waals surface area contributed by atoms with Gasteiger partial charge in [0.2, 0.25) is 0 Å². The molecule has 130 valence electrons. The third-order valence-electron chi connectivity index (χ3n) is 4.55. The Labute approximate surface area is 151 Å². The summed E-state index contributed by atoms with van der Waals surface area (Å²) in [6.07, 6.45) is 4.95. The number of rotatable bonds is 6. The monoisotopic (exact) mass is 354 g/mol. The van der Waals surface area contributed by atoms with Crippen molar-refractivity contribution in [2.24, 2.45) is 0 Å². The van der Waals surface area contributed by atoms with Gasteiger partial charge in [-0.2, -0.15) is 5.10 Å². The van der Waals surface area contributed by atoms with Crippen molar-refractivity contribution in [2.75, 3.05) is 6.54 Å². The summed E-state index contributed by atoms with van der Waals surface area (Å²) in [5.74, 6) is 0.465. The van der Waals surface area contributed by atoms with Gasteiger partial charge in [0.15, 0.2) is 5.65 Å². The maximum absolute atomic E-state index is 12.8. The normalized spacial score (nSPS) is 14.4. The number of amides is 1. The molecule has 25 heavy (non-hydrogen) atoms. The van der Waals surface area contributed by atoms with Gasteiger partial charge in [-0.15, -0.1) is 11.3 Å². The summed E-state index contributed by atoms with van der Waals surface area (Å²) in [5, 5.41) is 10.4. The zero-order chi connectivity index (χ0) is 17.4. The Balaban J connectivity index is 1.61. The molecular formula is C19H22N4OS. The molecule has 0 spiro atoms. The van der Waals surface area contributed by atoms with Crippen molar-refractivity contribution >= 4 is 28.3 Å². The molecule has 4 rings (SSSR count). The Morgan fingerprint density at radius 2 is 2.28 bits per heavy atom. The van der Waals surface area contributed by atoms with Crippen LogP contribution in [0.3, 0.4) is 0 Å². The molecule has 1 fully saturated rings. The summed E-state index contributed by atoms with van der Waals surface area (Å²) >= 11 is 1.72. The number of pyridine rings is 1. The summed E-state index contributed by atoms with van der Waals surface area (Å²) < 4.78 is 1.91. The topological polar surface area (TPSA) is 59.8 Å². The van der Waals surface area contributed by atoms with Crippen LogP contribution in [-0.2, 0) is 6.42 Å². The van der Waals surface area contributed by atoms with E-state index in [0.717, 1.165) is 36.0 Å². The van der Waals surface area contributed by atoms with Crippen molar-refractivity contribution in [3.63, 3.8) is 0 Å². The molecule has 0 unspecified atom stereocenters. The molecule has 0 aromatic carbocycles. The number of fused-ring (bicyclic) bond motifs is 1. The van der Waals surface area contributed by atoms with Gasteiger partial charge in [-0.25, -0.2) is 9.67 Å². The third-order valence-corrected chi connectivity index (χ3v) is 5.49. The van der Waals surface area contributed by atoms with Crippen LogP contribution in [0, 0.1) is 0 Å². The van der Waals surface area contributed by atoms with Crippen LogP contribution < -0.4 is 5.32 Å². The Morgan fingerprint density at radius 1 is 1.44 bits per heavy atom. The SMILES string of the molecule is CC(C)n1ncc2c(C(=O)NCCc3cccs3)cc(C3CC3)nc21. The average Bonchev–Trinajstić information content (AvgIpc) is 3.14. The van der Waals surface area contributed by atoms with Gasteiger partial charge in [0, 0.05) is 29.1 Å². The molecule has 0 saturated heterocycles. The number of hydrogen-bond donors (Lipinski definition) is 1. The van der Waals surface area contributed by atoms with Crippen LogP contribution in [0.4, 0.5) is 0 Å². The van der Waals surface area contributed by atoms with Crippen molar-refractivity contribution in [3.8, 4) is 0 Å². The standard InChI is InChI=1S/C19H22N4OS/c1-12(2)23-18-16(11-21-23)15(10-17(22-18)13-5-6-13)19(24)20-8-7-14-4-3-9-25-14/h3-4,9-13H,5-8H2,1-2H3,(H,20,24). The van der Waals surface area contributed by atoms with E-state index in [1.807, 2.05) is 16.8 Å². The number of aromatic nitrogens is 3. The molecule has 1 saturated carbocycles. The molecule has 0 atom stereocenters. The summed E-state index contributed by atoms with van der Waals surface area (Å²) in [7, 11) is 0. The number of nitrogens with one attached hydrogen (secondary N) is 1. The maximum Gasteiger partial charge on any atom is 0.252 e. The molecule has 5 nitrogen and oxygen atoms in total. The quantitative estimate of drug-likeness (QED) is 0.730. The summed E-state index contributed by atoms with van der Waals surface area (Å²) in [6, 6.07) is 6.32. The molecule has 0 bridgehead atoms. The lowest BCUT2D eigenvalue weighted by Crippen LogP contribution is -2.26. The van der Waals surface area contributed by atoms with E-state index in [9.17, 15) is 4.79 Å². The fourth-order valence-electron chi connectivity index (χ4n) is 3.04. The van der Waals surface area contributed by atoms with Crippen LogP contribution in [0.2, 0.25) is 0 Å². The predicted octanol–water partition coefficient (Wildman–Crippen LogP) is 3.92. The van der Waals surface area contributed by atoms with Gasteiger partial charge in [0.05, 0.1) is 17.1 Å². The maximum atomic E-state index is 12.8. The van der Waals surface area contributed by atoms with Gasteiger partial charge in [-0.05, 0) is 50.6 Å². The molecule has 1 aliphatic rings. The third kappa shape index (κ3) is 3.31. The molecule has 1 amide bonds. The van der Waals surface area contributed by atoms with Crippen molar-refractivity contribution in [3.05, 3.63) is 45.9 Å². The van der Waals surface area contributed by atoms with Crippen LogP contribution in [0.5, 0.6) is 0 Å². The Bertz CT molecular complexity index is 894. The highest BCUT2D eigenvalue weighted by atomic mass is 32.1. The number of carbonyl (C=O) groups excluding carboxylic acids is 1. The van der Waals surface area contributed by atoms with Crippen LogP contribution in [0.25, 0.3) is 11.0 Å². The molecule has 6 heteroatoms. The highest BCUT2D eigenvalue weighted by molar-refractivity contribution is 7.09. The second-order valence-electron chi connectivity index (χ2n) is 6.87. The molecular weight excluding hydrogens is 332 g/mol. The van der Waals surface area contributed by atoms with Crippen LogP contribution in [0.15, 0.2) is 29.8 Å². The van der Waals surface area contributed by atoms with Crippen LogP contribution in [-0.4, -0.2) is 27.2 Å². The summed E-state index contributed by atoms with van der Waals surface area (Å²) in [6.45, 7) is 4.80. The first-order valence-corrected chi connectivity index (χ1v) is 9.70. The lowest BCUT2D eigenvalue weighted by Gasteiger charge is -2.10. The molecule has 1 aliphatic carbocycles. The fraction of sp³-hybridized carbons (Fsp3) is 0.421. The Kier molecular flexibility index (Phi) is 4.29. The Morgan fingerprint density at radius 3 is 2.96 bits per heavy atom. The molecule has 1 N–H and O–H groups in total. The number of thiophene rings is 1. The first-order chi connectivity index (χ1) is 12.1. The van der Waals surface area contributed by atoms with Gasteiger partial charge < -0.3 is 5.32 Å². The van der Waals surface area contributed by atoms with E-state index in [2.05, 4.69) is 35.7 Å². The van der Waals surface area contributed by atoms with E-state index in [1.165, 1.54) is 4.88 Å². The van der Waals surface area contributed by atoms with Crippen LogP contribution >= 0.6 is 11.3 Å². The minimum atomic E-state index is -0.0332. The second kappa shape index (κ2) is 6.59. The zero-order valence-corrected chi connectivity index (χ0v) is 15.3. The Hall–Kier alpha value is -2.21. The molecule has 0 radical (unpaired) electrons. The first kappa shape index (κ1) is 16.3. The van der Waals surface area contributed by atoms with E-state index < -0.39 is 0 Å². The van der Waals surface area contributed by atoms with Gasteiger partial charge in [-0.3, -0.25) is 4.79 Å². The molecule has 3 aromatic heterocycles. The highest BCUT2D eigenvalue weighted by Crippen LogP contribution is 2.40. The van der Waals surface area contributed by atoms with Gasteiger partial charge in [-0.1, -0.05) is 6.07 Å². The van der Waals surface area contributed by atoms with E-state index in [1.54, 1.807) is 17.5 Å². The van der Waals surface area contributed by atoms with Gasteiger partial charge in [0.25, 0.3) is 5.91 Å². The molecule has 3 aromatic rings. The van der Waals surface area contributed by atoms with Gasteiger partial charge >= 0.3 is 0 Å². The van der Waals surface area contributed by atoms with Crippen molar-refractivity contribution in [1.29, 1.82) is 0 Å². The average molecular weight is 354 g/mol.